The molecule has 0 saturated carbocycles. The van der Waals surface area contributed by atoms with Gasteiger partial charge >= 0.3 is 33.0 Å². The molecule has 0 saturated heterocycles. The fraction of sp³-hybridized carbons (Fsp3) is 0.500. The molecule has 2 N–H and O–H groups in total. The van der Waals surface area contributed by atoms with Crippen LogP contribution >= 0.6 is 30.7 Å². The van der Waals surface area contributed by atoms with Gasteiger partial charge in [-0.15, -0.1) is 0 Å². The van der Waals surface area contributed by atoms with Gasteiger partial charge in [0.05, 0.1) is 4.88 Å². The molecule has 1 heterocycles. The average Bonchev–Trinajstić information content (AvgIpc) is 2.50. The molecule has 0 spiro atoms. The number of hydrogen-bond acceptors (Lipinski definition) is 2. The minimum atomic E-state index is -10.7. The predicted molar refractivity (Wildman–Crippen MR) is 66.5 cm³/mol. The fourth-order valence-electron chi connectivity index (χ4n) is 0.909. The fourth-order valence-corrected chi connectivity index (χ4v) is 1.91. The summed E-state index contributed by atoms with van der Waals surface area (Å²) < 4.78 is 71.4. The number of carbonyl (C=O) groups is 1. The summed E-state index contributed by atoms with van der Waals surface area (Å²) in [7, 11) is -10.7. The zero-order valence-corrected chi connectivity index (χ0v) is 13.0. The summed E-state index contributed by atoms with van der Waals surface area (Å²) in [5.74, 6) is -0.802. The van der Waals surface area contributed by atoms with Crippen molar-refractivity contribution in [1.29, 1.82) is 0 Å². The second kappa shape index (κ2) is 5.85. The normalized spacial score (nSPS) is 16.1. The Morgan fingerprint density at radius 3 is 2.00 bits per heavy atom. The van der Waals surface area contributed by atoms with Gasteiger partial charge in [0.25, 0.3) is 16.5 Å². The number of aryl methyl sites for hydroxylation is 2. The van der Waals surface area contributed by atoms with E-state index in [4.69, 9.17) is 11.6 Å². The summed E-state index contributed by atoms with van der Waals surface area (Å²) >= 11 is 6.48. The first-order valence-electron chi connectivity index (χ1n) is 5.06. The van der Waals surface area contributed by atoms with Crippen molar-refractivity contribution in [2.75, 3.05) is 0 Å². The Morgan fingerprint density at radius 2 is 1.71 bits per heavy atom. The van der Waals surface area contributed by atoms with E-state index in [1.165, 1.54) is 11.3 Å². The van der Waals surface area contributed by atoms with Crippen LogP contribution in [0.15, 0.2) is 0 Å². The molecule has 0 aliphatic rings. The van der Waals surface area contributed by atoms with Gasteiger partial charge in [0.15, 0.2) is 5.69 Å². The van der Waals surface area contributed by atoms with Crippen molar-refractivity contribution in [3.05, 3.63) is 15.6 Å². The Morgan fingerprint density at radius 1 is 1.29 bits per heavy atom. The Hall–Kier alpha value is -0.670. The van der Waals surface area contributed by atoms with Crippen molar-refractivity contribution in [2.45, 2.75) is 26.0 Å². The molecule has 0 bridgehead atoms. The van der Waals surface area contributed by atoms with Crippen molar-refractivity contribution in [3.8, 4) is 0 Å². The SMILES string of the molecule is Cc1[nH+]c(CNC(=O)C(F)Cl)sc1C.F[P-](F)(F)(F)(F)F. The summed E-state index contributed by atoms with van der Waals surface area (Å²) in [5, 5.41) is 3.25. The van der Waals surface area contributed by atoms with Crippen LogP contribution in [0.25, 0.3) is 0 Å². The standard InChI is InChI=1S/C8H10ClFN2OS.F6P/c1-4-5(2)14-6(12-4)3-11-8(13)7(9)10;1-7(2,3,4,5)6/h7H,3H2,1-2H3,(H,11,13);/q;-1/p+1. The zero-order valence-electron chi connectivity index (χ0n) is 10.6. The molecule has 0 aromatic carbocycles. The summed E-state index contributed by atoms with van der Waals surface area (Å²) in [6.45, 7) is 4.20. The third-order valence-electron chi connectivity index (χ3n) is 1.75. The Labute approximate surface area is 123 Å². The van der Waals surface area contributed by atoms with E-state index in [0.717, 1.165) is 15.6 Å². The van der Waals surface area contributed by atoms with E-state index in [-0.39, 0.29) is 6.54 Å². The van der Waals surface area contributed by atoms with E-state index in [1.54, 1.807) is 0 Å². The van der Waals surface area contributed by atoms with E-state index >= 15 is 0 Å². The van der Waals surface area contributed by atoms with E-state index in [9.17, 15) is 34.4 Å². The summed E-state index contributed by atoms with van der Waals surface area (Å²) in [6, 6.07) is 0. The van der Waals surface area contributed by atoms with Crippen LogP contribution in [0, 0.1) is 13.8 Å². The number of alkyl halides is 2. The van der Waals surface area contributed by atoms with Crippen LogP contribution in [0.5, 0.6) is 0 Å². The second-order valence-electron chi connectivity index (χ2n) is 3.81. The first kappa shape index (κ1) is 20.3. The van der Waals surface area contributed by atoms with Crippen LogP contribution in [0.3, 0.4) is 0 Å². The van der Waals surface area contributed by atoms with Gasteiger partial charge in [0.2, 0.25) is 0 Å². The maximum absolute atomic E-state index is 12.2. The summed E-state index contributed by atoms with van der Waals surface area (Å²) in [4.78, 5) is 15.0. The molecule has 1 aromatic rings. The number of carbonyl (C=O) groups excluding carboxylic acids is 1. The van der Waals surface area contributed by atoms with Gasteiger partial charge in [0.1, 0.15) is 6.54 Å². The first-order valence-corrected chi connectivity index (χ1v) is 8.34. The van der Waals surface area contributed by atoms with E-state index in [1.807, 2.05) is 13.8 Å². The molecule has 1 amide bonds. The third-order valence-corrected chi connectivity index (χ3v) is 3.06. The molecular weight excluding hydrogens is 372 g/mol. The van der Waals surface area contributed by atoms with E-state index in [0.29, 0.717) is 0 Å². The van der Waals surface area contributed by atoms with Crippen molar-refractivity contribution in [3.63, 3.8) is 0 Å². The molecule has 1 aromatic heterocycles. The van der Waals surface area contributed by atoms with E-state index in [2.05, 4.69) is 10.3 Å². The molecule has 0 aliphatic carbocycles. The molecule has 3 nitrogen and oxygen atoms in total. The van der Waals surface area contributed by atoms with Crippen molar-refractivity contribution >= 4 is 36.7 Å². The Balaban J connectivity index is 0.000000486. The molecule has 0 radical (unpaired) electrons. The average molecular weight is 383 g/mol. The number of thiazole rings is 1. The number of halogens is 8. The Kier molecular flexibility index (Phi) is 5.66. The number of hydrogen-bond donors (Lipinski definition) is 1. The predicted octanol–water partition coefficient (Wildman–Crippen LogP) is 4.71. The van der Waals surface area contributed by atoms with E-state index < -0.39 is 19.3 Å². The van der Waals surface area contributed by atoms with Gasteiger partial charge in [0, 0.05) is 6.92 Å². The molecule has 13 heteroatoms. The molecule has 126 valence electrons. The molecular formula is C8H11ClF7N2OPS. The summed E-state index contributed by atoms with van der Waals surface area (Å²) in [5.41, 5.74) is -0.918. The van der Waals surface area contributed by atoms with Crippen molar-refractivity contribution in [1.82, 2.24) is 5.32 Å². The van der Waals surface area contributed by atoms with Crippen LogP contribution in [0.4, 0.5) is 29.6 Å². The van der Waals surface area contributed by atoms with Crippen molar-refractivity contribution < 1.29 is 39.4 Å². The van der Waals surface area contributed by atoms with Crippen LogP contribution in [-0.4, -0.2) is 11.5 Å². The maximum atomic E-state index is 12.2. The minimum absolute atomic E-state index is 0.283. The number of nitrogens with one attached hydrogen (secondary N) is 2. The number of aromatic amines is 1. The van der Waals surface area contributed by atoms with Crippen LogP contribution in [-0.2, 0) is 11.3 Å². The van der Waals surface area contributed by atoms with Crippen LogP contribution < -0.4 is 10.3 Å². The second-order valence-corrected chi connectivity index (χ2v) is 7.42. The molecule has 21 heavy (non-hydrogen) atoms. The van der Waals surface area contributed by atoms with Gasteiger partial charge in [-0.3, -0.25) is 4.79 Å². The molecule has 1 unspecified atom stereocenters. The van der Waals surface area contributed by atoms with Gasteiger partial charge in [-0.05, 0) is 6.92 Å². The molecule has 1 atom stereocenters. The number of H-pyrrole nitrogens is 1. The summed E-state index contributed by atoms with van der Waals surface area (Å²) in [6.07, 6.45) is 0. The van der Waals surface area contributed by atoms with Crippen LogP contribution in [0.2, 0.25) is 0 Å². The quantitative estimate of drug-likeness (QED) is 0.459. The van der Waals surface area contributed by atoms with Gasteiger partial charge in [-0.2, -0.15) is 0 Å². The number of aromatic nitrogens is 1. The third kappa shape index (κ3) is 14.0. The van der Waals surface area contributed by atoms with Crippen molar-refractivity contribution in [2.24, 2.45) is 0 Å². The Bertz CT molecular complexity index is 485. The molecule has 0 aliphatic heterocycles. The topological polar surface area (TPSA) is 43.2 Å². The zero-order chi connectivity index (χ0) is 17.1. The van der Waals surface area contributed by atoms with Gasteiger partial charge < -0.3 is 5.32 Å². The first-order chi connectivity index (χ1) is 8.95. The van der Waals surface area contributed by atoms with Gasteiger partial charge in [-0.25, -0.2) is 9.37 Å². The number of rotatable bonds is 3. The van der Waals surface area contributed by atoms with Crippen LogP contribution in [0.1, 0.15) is 15.6 Å². The number of amides is 1. The van der Waals surface area contributed by atoms with Gasteiger partial charge in [-0.1, -0.05) is 22.9 Å². The molecule has 0 fully saturated rings. The molecule has 1 rings (SSSR count). The monoisotopic (exact) mass is 382 g/mol.